The molecule has 1 heterocycles. The molecule has 1 aliphatic carbocycles. The highest BCUT2D eigenvalue weighted by Gasteiger charge is 2.44. The second-order valence-corrected chi connectivity index (χ2v) is 17.4. The zero-order chi connectivity index (χ0) is 44.0. The molecule has 0 radical (unpaired) electrons. The Balaban J connectivity index is 1.87. The number of amides is 4. The lowest BCUT2D eigenvalue weighted by Crippen LogP contribution is -2.59. The maximum absolute atomic E-state index is 14.5. The van der Waals surface area contributed by atoms with Gasteiger partial charge in [-0.15, -0.1) is 0 Å². The summed E-state index contributed by atoms with van der Waals surface area (Å²) in [7, 11) is 0. The fourth-order valence-corrected chi connectivity index (χ4v) is 7.98. The first kappa shape index (κ1) is 48.2. The Labute approximate surface area is 348 Å². The fraction of sp³-hybridized carbons (Fsp3) is 0.600. The van der Waals surface area contributed by atoms with Gasteiger partial charge in [-0.2, -0.15) is 0 Å². The predicted molar refractivity (Wildman–Crippen MR) is 222 cm³/mol. The van der Waals surface area contributed by atoms with Crippen LogP contribution in [0.2, 0.25) is 0 Å². The lowest BCUT2D eigenvalue weighted by molar-refractivity contribution is -0.145. The summed E-state index contributed by atoms with van der Waals surface area (Å²) in [4.78, 5) is 108. The van der Waals surface area contributed by atoms with Crippen LogP contribution in [0, 0.1) is 29.1 Å². The molecule has 5 atom stereocenters. The zero-order valence-corrected chi connectivity index (χ0v) is 35.6. The van der Waals surface area contributed by atoms with Gasteiger partial charge in [-0.25, -0.2) is 9.59 Å². The molecule has 5 N–H and O–H groups in total. The van der Waals surface area contributed by atoms with Crippen molar-refractivity contribution in [3.8, 4) is 0 Å². The van der Waals surface area contributed by atoms with Crippen LogP contribution in [0.15, 0.2) is 48.6 Å². The van der Waals surface area contributed by atoms with Crippen molar-refractivity contribution in [2.45, 2.75) is 130 Å². The number of rotatable bonds is 21. The molecule has 1 saturated carbocycles. The number of likely N-dealkylation sites (tertiary alicyclic amines) is 1. The molecule has 0 unspecified atom stereocenters. The first-order valence-corrected chi connectivity index (χ1v) is 20.8. The van der Waals surface area contributed by atoms with Crippen molar-refractivity contribution in [3.05, 3.63) is 59.7 Å². The third-order valence-electron chi connectivity index (χ3n) is 11.1. The number of ether oxygens (including phenoxy) is 1. The highest BCUT2D eigenvalue weighted by molar-refractivity contribution is 6.07. The molecule has 14 heteroatoms. The van der Waals surface area contributed by atoms with Gasteiger partial charge >= 0.3 is 11.9 Å². The summed E-state index contributed by atoms with van der Waals surface area (Å²) in [5.41, 5.74) is 5.22. The highest BCUT2D eigenvalue weighted by Crippen LogP contribution is 2.33. The molecule has 0 bridgehead atoms. The summed E-state index contributed by atoms with van der Waals surface area (Å²) < 4.78 is 4.92. The summed E-state index contributed by atoms with van der Waals surface area (Å²) in [6.45, 7) is 15.0. The minimum absolute atomic E-state index is 0.00995. The van der Waals surface area contributed by atoms with E-state index < -0.39 is 76.7 Å². The van der Waals surface area contributed by atoms with E-state index in [0.717, 1.165) is 32.1 Å². The second-order valence-electron chi connectivity index (χ2n) is 17.4. The van der Waals surface area contributed by atoms with E-state index in [4.69, 9.17) is 10.5 Å². The number of esters is 1. The number of primary amides is 1. The summed E-state index contributed by atoms with van der Waals surface area (Å²) in [6, 6.07) is 2.55. The average molecular weight is 821 g/mol. The van der Waals surface area contributed by atoms with Crippen LogP contribution < -0.4 is 16.4 Å². The maximum Gasteiger partial charge on any atom is 0.336 e. The SMILES string of the molecule is C=C1C[C@@H](C(=O)N[C@@H](CC(C)C)C(=O)C[C@H](C(N)=O)C2CCCCC2)N(C(=O)[C@@H](NC(=O)[C@H](CC/C=C/C(=O)OCC)CC(=O)c2ccccc2C(=O)O)C(C)(C)C)C1. The number of nitrogens with one attached hydrogen (secondary N) is 2. The van der Waals surface area contributed by atoms with E-state index in [1.165, 1.54) is 41.3 Å². The molecule has 59 heavy (non-hydrogen) atoms. The molecule has 4 amide bonds. The van der Waals surface area contributed by atoms with Crippen molar-refractivity contribution in [1.29, 1.82) is 0 Å². The van der Waals surface area contributed by atoms with Gasteiger partial charge in [0.1, 0.15) is 12.1 Å². The van der Waals surface area contributed by atoms with Crippen molar-refractivity contribution in [1.82, 2.24) is 15.5 Å². The van der Waals surface area contributed by atoms with Crippen LogP contribution in [-0.2, 0) is 33.5 Å². The smallest absolute Gasteiger partial charge is 0.336 e. The molecule has 0 spiro atoms. The van der Waals surface area contributed by atoms with E-state index in [0.29, 0.717) is 12.0 Å². The summed E-state index contributed by atoms with van der Waals surface area (Å²) in [6.07, 6.45) is 7.61. The molecular formula is C45H64N4O10. The quantitative estimate of drug-likeness (QED) is 0.0540. The molecule has 0 aromatic heterocycles. The van der Waals surface area contributed by atoms with Gasteiger partial charge in [-0.05, 0) is 68.8 Å². The number of benzene rings is 1. The summed E-state index contributed by atoms with van der Waals surface area (Å²) >= 11 is 0. The number of Topliss-reactive ketones (excluding diaryl/α,β-unsaturated/α-hetero) is 2. The van der Waals surface area contributed by atoms with Crippen molar-refractivity contribution in [2.75, 3.05) is 13.2 Å². The van der Waals surface area contributed by atoms with Crippen molar-refractivity contribution in [3.63, 3.8) is 0 Å². The highest BCUT2D eigenvalue weighted by atomic mass is 16.5. The number of allylic oxidation sites excluding steroid dienone is 1. The number of nitrogens with two attached hydrogens (primary N) is 1. The van der Waals surface area contributed by atoms with Crippen LogP contribution in [0.4, 0.5) is 0 Å². The van der Waals surface area contributed by atoms with Gasteiger partial charge in [0, 0.05) is 42.9 Å². The van der Waals surface area contributed by atoms with Crippen LogP contribution in [0.1, 0.15) is 133 Å². The Kier molecular flexibility index (Phi) is 18.2. The Morgan fingerprint density at radius 3 is 2.20 bits per heavy atom. The Bertz CT molecular complexity index is 1760. The first-order valence-electron chi connectivity index (χ1n) is 20.8. The van der Waals surface area contributed by atoms with Gasteiger partial charge in [0.2, 0.25) is 23.6 Å². The van der Waals surface area contributed by atoms with E-state index in [2.05, 4.69) is 17.2 Å². The van der Waals surface area contributed by atoms with Crippen molar-refractivity contribution in [2.24, 2.45) is 34.8 Å². The molecule has 1 aliphatic heterocycles. The number of carbonyl (C=O) groups is 8. The van der Waals surface area contributed by atoms with Crippen molar-refractivity contribution >= 4 is 47.1 Å². The van der Waals surface area contributed by atoms with E-state index in [1.54, 1.807) is 27.7 Å². The number of carboxylic acid groups (broad SMARTS) is 1. The standard InChI is InChI=1S/C45H64N4O10/c1-8-59-38(52)21-15-12-18-30(24-36(50)31-19-13-14-20-32(31)44(57)58)41(54)48-39(45(5,6)7)43(56)49-26-28(4)23-35(49)42(55)47-34(22-27(2)3)37(51)25-33(40(46)53)29-16-10-9-11-17-29/h13-15,19-21,27,29-30,33-35,39H,4,8-12,16-18,22-26H2,1-3,5-7H3,(H2,46,53)(H,47,55)(H,48,54)(H,57,58)/b21-15+/t30-,33+,34+,35+,39-/m1/s1. The van der Waals surface area contributed by atoms with E-state index in [1.807, 2.05) is 13.8 Å². The molecule has 1 aromatic carbocycles. The average Bonchev–Trinajstić information content (AvgIpc) is 3.57. The Morgan fingerprint density at radius 1 is 0.983 bits per heavy atom. The van der Waals surface area contributed by atoms with E-state index in [-0.39, 0.29) is 74.0 Å². The maximum atomic E-state index is 14.5. The number of carbonyl (C=O) groups excluding carboxylic acids is 7. The third-order valence-corrected chi connectivity index (χ3v) is 11.1. The van der Waals surface area contributed by atoms with Crippen LogP contribution in [0.3, 0.4) is 0 Å². The number of ketones is 2. The Morgan fingerprint density at radius 2 is 1.63 bits per heavy atom. The topological polar surface area (TPSA) is 219 Å². The number of nitrogens with zero attached hydrogens (tertiary/aromatic N) is 1. The van der Waals surface area contributed by atoms with Gasteiger partial charge < -0.3 is 31.1 Å². The molecule has 2 fully saturated rings. The molecular weight excluding hydrogens is 757 g/mol. The lowest BCUT2D eigenvalue weighted by Gasteiger charge is -2.36. The Hall–Kier alpha value is -5.14. The van der Waals surface area contributed by atoms with Crippen LogP contribution >= 0.6 is 0 Å². The first-order chi connectivity index (χ1) is 27.7. The van der Waals surface area contributed by atoms with Crippen LogP contribution in [0.5, 0.6) is 0 Å². The van der Waals surface area contributed by atoms with Gasteiger partial charge in [-0.3, -0.25) is 28.8 Å². The van der Waals surface area contributed by atoms with Gasteiger partial charge in [0.25, 0.3) is 0 Å². The number of hydrogen-bond acceptors (Lipinski definition) is 9. The molecule has 1 saturated heterocycles. The van der Waals surface area contributed by atoms with Crippen LogP contribution in [-0.4, -0.2) is 88.4 Å². The normalized spacial score (nSPS) is 18.2. The predicted octanol–water partition coefficient (Wildman–Crippen LogP) is 5.33. The second kappa shape index (κ2) is 22.3. The minimum Gasteiger partial charge on any atom is -0.478 e. The lowest BCUT2D eigenvalue weighted by atomic mass is 9.76. The van der Waals surface area contributed by atoms with Gasteiger partial charge in [0.05, 0.1) is 18.2 Å². The molecule has 3 rings (SSSR count). The van der Waals surface area contributed by atoms with Gasteiger partial charge in [0.15, 0.2) is 11.6 Å². The number of carboxylic acids is 1. The summed E-state index contributed by atoms with van der Waals surface area (Å²) in [5.74, 6) is -6.69. The van der Waals surface area contributed by atoms with Crippen molar-refractivity contribution < 1.29 is 48.2 Å². The van der Waals surface area contributed by atoms with Gasteiger partial charge in [-0.1, -0.05) is 90.3 Å². The van der Waals surface area contributed by atoms with E-state index >= 15 is 0 Å². The monoisotopic (exact) mass is 820 g/mol. The molecule has 14 nitrogen and oxygen atoms in total. The zero-order valence-electron chi connectivity index (χ0n) is 35.6. The fourth-order valence-electron chi connectivity index (χ4n) is 7.98. The molecule has 1 aromatic rings. The summed E-state index contributed by atoms with van der Waals surface area (Å²) in [5, 5.41) is 15.4. The van der Waals surface area contributed by atoms with Crippen LogP contribution in [0.25, 0.3) is 0 Å². The molecule has 324 valence electrons. The number of aromatic carboxylic acids is 1. The largest absolute Gasteiger partial charge is 0.478 e. The third kappa shape index (κ3) is 14.3. The minimum atomic E-state index is -1.30. The molecule has 2 aliphatic rings. The van der Waals surface area contributed by atoms with E-state index in [9.17, 15) is 43.5 Å². The number of hydrogen-bond donors (Lipinski definition) is 4.